The Morgan fingerprint density at radius 2 is 1.95 bits per heavy atom. The third kappa shape index (κ3) is 4.00. The van der Waals surface area contributed by atoms with E-state index < -0.39 is 0 Å². The van der Waals surface area contributed by atoms with Crippen molar-refractivity contribution >= 4 is 34.5 Å². The van der Waals surface area contributed by atoms with Crippen LogP contribution in [0, 0.1) is 17.4 Å². The van der Waals surface area contributed by atoms with Crippen LogP contribution >= 0.6 is 22.6 Å². The summed E-state index contributed by atoms with van der Waals surface area (Å²) in [6.07, 6.45) is 1.87. The van der Waals surface area contributed by atoms with E-state index in [0.717, 1.165) is 31.9 Å². The molecular weight excluding hydrogens is 389 g/mol. The molecule has 4 heteroatoms. The van der Waals surface area contributed by atoms with E-state index in [1.165, 1.54) is 5.56 Å². The molecule has 0 amide bonds. The van der Waals surface area contributed by atoms with Gasteiger partial charge in [-0.25, -0.2) is 0 Å². The highest BCUT2D eigenvalue weighted by molar-refractivity contribution is 14.1. The normalized spacial score (nSPS) is 11.0. The molecule has 116 valence electrons. The number of aryl methyl sites for hydroxylation is 2. The van der Waals surface area contributed by atoms with Gasteiger partial charge in [-0.1, -0.05) is 12.1 Å². The van der Waals surface area contributed by atoms with Crippen molar-refractivity contribution in [2.45, 2.75) is 20.8 Å². The fourth-order valence-corrected chi connectivity index (χ4v) is 2.97. The highest BCUT2D eigenvalue weighted by Gasteiger charge is 2.10. The van der Waals surface area contributed by atoms with Crippen LogP contribution in [0.25, 0.3) is 0 Å². The maximum atomic E-state index is 5.65. The molecule has 0 aromatic heterocycles. The summed E-state index contributed by atoms with van der Waals surface area (Å²) in [5, 5.41) is 0. The van der Waals surface area contributed by atoms with E-state index in [1.54, 1.807) is 7.11 Å². The smallest absolute Gasteiger partial charge is 0.174 e. The highest BCUT2D eigenvalue weighted by Crippen LogP contribution is 2.33. The van der Waals surface area contributed by atoms with Gasteiger partial charge in [0.25, 0.3) is 0 Å². The SMILES string of the molecule is CCOc1cc(C=Nc2cc(C)ccc2C)cc(I)c1OC. The molecule has 0 aliphatic heterocycles. The van der Waals surface area contributed by atoms with E-state index in [9.17, 15) is 0 Å². The summed E-state index contributed by atoms with van der Waals surface area (Å²) in [5.74, 6) is 1.52. The number of halogens is 1. The minimum atomic E-state index is 0.601. The van der Waals surface area contributed by atoms with Crippen LogP contribution in [0.3, 0.4) is 0 Å². The van der Waals surface area contributed by atoms with Gasteiger partial charge in [-0.2, -0.15) is 0 Å². The second kappa shape index (κ2) is 7.63. The average Bonchev–Trinajstić information content (AvgIpc) is 2.48. The summed E-state index contributed by atoms with van der Waals surface area (Å²) >= 11 is 2.25. The van der Waals surface area contributed by atoms with Crippen LogP contribution in [-0.2, 0) is 0 Å². The minimum Gasteiger partial charge on any atom is -0.492 e. The standard InChI is InChI=1S/C18H20INO2/c1-5-22-17-10-14(9-15(19)18(17)21-4)11-20-16-8-12(2)6-7-13(16)3/h6-11H,5H2,1-4H3. The number of ether oxygens (including phenoxy) is 2. The lowest BCUT2D eigenvalue weighted by Gasteiger charge is -2.12. The first-order valence-electron chi connectivity index (χ1n) is 7.16. The molecule has 0 fully saturated rings. The topological polar surface area (TPSA) is 30.8 Å². The Kier molecular flexibility index (Phi) is 5.83. The van der Waals surface area contributed by atoms with Crippen molar-refractivity contribution in [2.24, 2.45) is 4.99 Å². The van der Waals surface area contributed by atoms with Crippen LogP contribution in [0.15, 0.2) is 35.3 Å². The summed E-state index contributed by atoms with van der Waals surface area (Å²) in [6, 6.07) is 10.3. The Hall–Kier alpha value is -1.56. The monoisotopic (exact) mass is 409 g/mol. The minimum absolute atomic E-state index is 0.601. The van der Waals surface area contributed by atoms with E-state index in [-0.39, 0.29) is 0 Å². The van der Waals surface area contributed by atoms with Crippen molar-refractivity contribution in [2.75, 3.05) is 13.7 Å². The molecule has 2 rings (SSSR count). The van der Waals surface area contributed by atoms with E-state index in [4.69, 9.17) is 9.47 Å². The van der Waals surface area contributed by atoms with Gasteiger partial charge in [0.05, 0.1) is 23.0 Å². The molecule has 0 radical (unpaired) electrons. The predicted octanol–water partition coefficient (Wildman–Crippen LogP) is 5.07. The zero-order valence-electron chi connectivity index (χ0n) is 13.3. The Labute approximate surface area is 145 Å². The molecular formula is C18H20INO2. The van der Waals surface area contributed by atoms with Crippen molar-refractivity contribution < 1.29 is 9.47 Å². The maximum absolute atomic E-state index is 5.65. The Bertz CT molecular complexity index is 696. The summed E-state index contributed by atoms with van der Waals surface area (Å²) < 4.78 is 12.1. The lowest BCUT2D eigenvalue weighted by Crippen LogP contribution is -1.98. The molecule has 0 saturated carbocycles. The molecule has 0 bridgehead atoms. The summed E-state index contributed by atoms with van der Waals surface area (Å²) in [4.78, 5) is 4.61. The van der Waals surface area contributed by atoms with E-state index in [1.807, 2.05) is 25.3 Å². The highest BCUT2D eigenvalue weighted by atomic mass is 127. The van der Waals surface area contributed by atoms with Gasteiger partial charge in [0, 0.05) is 6.21 Å². The van der Waals surface area contributed by atoms with E-state index in [2.05, 4.69) is 59.6 Å². The first-order valence-corrected chi connectivity index (χ1v) is 8.24. The first kappa shape index (κ1) is 16.8. The molecule has 0 heterocycles. The molecule has 0 aliphatic rings. The Balaban J connectivity index is 2.36. The Morgan fingerprint density at radius 3 is 2.64 bits per heavy atom. The zero-order valence-corrected chi connectivity index (χ0v) is 15.5. The summed E-state index contributed by atoms with van der Waals surface area (Å²) in [5.41, 5.74) is 4.35. The lowest BCUT2D eigenvalue weighted by atomic mass is 10.1. The van der Waals surface area contributed by atoms with Gasteiger partial charge in [0.15, 0.2) is 11.5 Å². The van der Waals surface area contributed by atoms with Crippen molar-refractivity contribution in [3.8, 4) is 11.5 Å². The van der Waals surface area contributed by atoms with Crippen LogP contribution in [0.2, 0.25) is 0 Å². The largest absolute Gasteiger partial charge is 0.492 e. The number of hydrogen-bond donors (Lipinski definition) is 0. The Morgan fingerprint density at radius 1 is 1.18 bits per heavy atom. The zero-order chi connectivity index (χ0) is 16.1. The summed E-state index contributed by atoms with van der Waals surface area (Å²) in [7, 11) is 1.66. The van der Waals surface area contributed by atoms with Crippen molar-refractivity contribution in [1.82, 2.24) is 0 Å². The fourth-order valence-electron chi connectivity index (χ4n) is 2.13. The molecule has 2 aromatic rings. The molecule has 0 saturated heterocycles. The molecule has 2 aromatic carbocycles. The van der Waals surface area contributed by atoms with Crippen LogP contribution in [0.4, 0.5) is 5.69 Å². The number of hydrogen-bond acceptors (Lipinski definition) is 3. The van der Waals surface area contributed by atoms with Crippen LogP contribution < -0.4 is 9.47 Å². The van der Waals surface area contributed by atoms with Crippen molar-refractivity contribution in [3.05, 3.63) is 50.6 Å². The average molecular weight is 409 g/mol. The number of methoxy groups -OCH3 is 1. The lowest BCUT2D eigenvalue weighted by molar-refractivity contribution is 0.309. The third-order valence-corrected chi connectivity index (χ3v) is 4.05. The quantitative estimate of drug-likeness (QED) is 0.510. The van der Waals surface area contributed by atoms with Crippen molar-refractivity contribution in [3.63, 3.8) is 0 Å². The first-order chi connectivity index (χ1) is 10.5. The van der Waals surface area contributed by atoms with Gasteiger partial charge >= 0.3 is 0 Å². The van der Waals surface area contributed by atoms with Gasteiger partial charge in [-0.05, 0) is 78.3 Å². The van der Waals surface area contributed by atoms with Gasteiger partial charge in [-0.3, -0.25) is 4.99 Å². The van der Waals surface area contributed by atoms with Crippen LogP contribution in [0.5, 0.6) is 11.5 Å². The van der Waals surface area contributed by atoms with Gasteiger partial charge in [0.1, 0.15) is 0 Å². The molecule has 0 aliphatic carbocycles. The predicted molar refractivity (Wildman–Crippen MR) is 100 cm³/mol. The van der Waals surface area contributed by atoms with Crippen molar-refractivity contribution in [1.29, 1.82) is 0 Å². The molecule has 3 nitrogen and oxygen atoms in total. The van der Waals surface area contributed by atoms with Gasteiger partial charge in [0.2, 0.25) is 0 Å². The number of rotatable bonds is 5. The van der Waals surface area contributed by atoms with Gasteiger partial charge < -0.3 is 9.47 Å². The molecule has 22 heavy (non-hydrogen) atoms. The maximum Gasteiger partial charge on any atom is 0.174 e. The fraction of sp³-hybridized carbons (Fsp3) is 0.278. The second-order valence-electron chi connectivity index (χ2n) is 5.02. The third-order valence-electron chi connectivity index (χ3n) is 3.25. The molecule has 0 N–H and O–H groups in total. The second-order valence-corrected chi connectivity index (χ2v) is 6.18. The number of nitrogens with zero attached hydrogens (tertiary/aromatic N) is 1. The molecule has 0 atom stereocenters. The van der Waals surface area contributed by atoms with E-state index in [0.29, 0.717) is 6.61 Å². The molecule has 0 spiro atoms. The van der Waals surface area contributed by atoms with Crippen LogP contribution in [-0.4, -0.2) is 19.9 Å². The van der Waals surface area contributed by atoms with Gasteiger partial charge in [-0.15, -0.1) is 0 Å². The summed E-state index contributed by atoms with van der Waals surface area (Å²) in [6.45, 7) is 6.70. The number of aliphatic imine (C=N–C) groups is 1. The van der Waals surface area contributed by atoms with Crippen LogP contribution in [0.1, 0.15) is 23.6 Å². The number of benzene rings is 2. The molecule has 0 unspecified atom stereocenters. The van der Waals surface area contributed by atoms with E-state index >= 15 is 0 Å².